The van der Waals surface area contributed by atoms with Crippen LogP contribution in [0.1, 0.15) is 22.3 Å². The Hall–Kier alpha value is -3.68. The summed E-state index contributed by atoms with van der Waals surface area (Å²) in [5.74, 6) is -2.48. The number of fused-ring (bicyclic) bond motifs is 1. The molecule has 0 spiro atoms. The molecule has 174 valence electrons. The molecule has 4 rings (SSSR count). The number of aliphatic hydroxyl groups is 1. The van der Waals surface area contributed by atoms with Crippen molar-refractivity contribution >= 4 is 34.5 Å². The van der Waals surface area contributed by atoms with Gasteiger partial charge in [0.15, 0.2) is 0 Å². The Morgan fingerprint density at radius 3 is 2.41 bits per heavy atom. The van der Waals surface area contributed by atoms with E-state index >= 15 is 0 Å². The van der Waals surface area contributed by atoms with Gasteiger partial charge in [0.2, 0.25) is 0 Å². The molecule has 0 bridgehead atoms. The largest absolute Gasteiger partial charge is 0.481 e. The number of halogens is 1. The van der Waals surface area contributed by atoms with Crippen LogP contribution in [0.25, 0.3) is 22.2 Å². The van der Waals surface area contributed by atoms with Crippen LogP contribution in [0.2, 0.25) is 5.02 Å². The van der Waals surface area contributed by atoms with Crippen molar-refractivity contribution in [2.24, 2.45) is 5.92 Å². The van der Waals surface area contributed by atoms with Gasteiger partial charge in [-0.2, -0.15) is 0 Å². The highest BCUT2D eigenvalue weighted by Gasteiger charge is 2.24. The predicted molar refractivity (Wildman–Crippen MR) is 131 cm³/mol. The van der Waals surface area contributed by atoms with E-state index in [0.717, 1.165) is 16.7 Å². The lowest BCUT2D eigenvalue weighted by Gasteiger charge is -2.22. The molecular weight excluding hydrogens is 454 g/mol. The maximum absolute atomic E-state index is 13.0. The number of rotatable bonds is 9. The number of hydrogen-bond acceptors (Lipinski definition) is 4. The van der Waals surface area contributed by atoms with E-state index in [2.05, 4.69) is 15.3 Å². The van der Waals surface area contributed by atoms with E-state index in [1.54, 1.807) is 6.07 Å². The number of benzene rings is 3. The molecule has 1 unspecified atom stereocenters. The first kappa shape index (κ1) is 23.5. The highest BCUT2D eigenvalue weighted by atomic mass is 35.5. The van der Waals surface area contributed by atoms with Gasteiger partial charge in [-0.15, -0.1) is 0 Å². The van der Waals surface area contributed by atoms with E-state index < -0.39 is 24.5 Å². The molecule has 0 aliphatic rings. The Balaban J connectivity index is 1.54. The number of amides is 1. The summed E-state index contributed by atoms with van der Waals surface area (Å²) in [5.41, 5.74) is 4.63. The standard InChI is InChI=1S/C26H24ClN3O4/c27-22-12-19(13-23-24(22)29-15-28-23)25(32)30-21(11-20(14-31)26(33)34)10-16-6-8-18(9-7-16)17-4-2-1-3-5-17/h1-9,12-13,15,20-21,31H,10-11,14H2,(H,28,29)(H,30,32)(H,33,34)/t20?,21-/m0/s1. The van der Waals surface area contributed by atoms with E-state index in [1.165, 1.54) is 12.4 Å². The van der Waals surface area contributed by atoms with Crippen molar-refractivity contribution in [3.8, 4) is 11.1 Å². The van der Waals surface area contributed by atoms with Gasteiger partial charge in [-0.05, 0) is 41.7 Å². The second-order valence-electron chi connectivity index (χ2n) is 8.15. The summed E-state index contributed by atoms with van der Waals surface area (Å²) in [4.78, 5) is 31.6. The number of H-pyrrole nitrogens is 1. The van der Waals surface area contributed by atoms with Gasteiger partial charge >= 0.3 is 5.97 Å². The van der Waals surface area contributed by atoms with Gasteiger partial charge in [-0.1, -0.05) is 66.2 Å². The number of aromatic amines is 1. The van der Waals surface area contributed by atoms with E-state index in [-0.39, 0.29) is 12.3 Å². The fourth-order valence-corrected chi connectivity index (χ4v) is 4.21. The van der Waals surface area contributed by atoms with Crippen molar-refractivity contribution in [2.75, 3.05) is 6.61 Å². The maximum Gasteiger partial charge on any atom is 0.308 e. The molecular formula is C26H24ClN3O4. The van der Waals surface area contributed by atoms with Gasteiger partial charge in [0, 0.05) is 11.6 Å². The second kappa shape index (κ2) is 10.5. The minimum absolute atomic E-state index is 0.0814. The van der Waals surface area contributed by atoms with Gasteiger partial charge in [-0.3, -0.25) is 9.59 Å². The fourth-order valence-electron chi connectivity index (χ4n) is 3.95. The molecule has 0 radical (unpaired) electrons. The van der Waals surface area contributed by atoms with Gasteiger partial charge < -0.3 is 20.5 Å². The third-order valence-electron chi connectivity index (χ3n) is 5.76. The summed E-state index contributed by atoms with van der Waals surface area (Å²) in [7, 11) is 0. The first-order valence-electron chi connectivity index (χ1n) is 10.9. The molecule has 1 aromatic heterocycles. The van der Waals surface area contributed by atoms with Gasteiger partial charge in [0.25, 0.3) is 5.91 Å². The van der Waals surface area contributed by atoms with E-state index in [1.807, 2.05) is 54.6 Å². The van der Waals surface area contributed by atoms with Crippen LogP contribution in [-0.2, 0) is 11.2 Å². The molecule has 1 amide bonds. The number of aromatic nitrogens is 2. The highest BCUT2D eigenvalue weighted by Crippen LogP contribution is 2.24. The number of aliphatic hydroxyl groups excluding tert-OH is 1. The van der Waals surface area contributed by atoms with Crippen LogP contribution in [0.4, 0.5) is 0 Å². The lowest BCUT2D eigenvalue weighted by atomic mass is 9.94. The number of nitrogens with zero attached hydrogens (tertiary/aromatic N) is 1. The first-order chi connectivity index (χ1) is 16.4. The summed E-state index contributed by atoms with van der Waals surface area (Å²) in [6, 6.07) is 20.5. The van der Waals surface area contributed by atoms with Gasteiger partial charge in [-0.25, -0.2) is 4.98 Å². The lowest BCUT2D eigenvalue weighted by Crippen LogP contribution is -2.39. The van der Waals surface area contributed by atoms with Gasteiger partial charge in [0.1, 0.15) is 5.52 Å². The number of carbonyl (C=O) groups is 2. The molecule has 0 saturated heterocycles. The molecule has 0 aliphatic heterocycles. The summed E-state index contributed by atoms with van der Waals surface area (Å²) >= 11 is 6.25. The van der Waals surface area contributed by atoms with E-state index in [9.17, 15) is 19.8 Å². The topological polar surface area (TPSA) is 115 Å². The van der Waals surface area contributed by atoms with Crippen LogP contribution >= 0.6 is 11.6 Å². The normalized spacial score (nSPS) is 12.9. The molecule has 0 fully saturated rings. The van der Waals surface area contributed by atoms with Crippen molar-refractivity contribution in [1.82, 2.24) is 15.3 Å². The Kier molecular flexibility index (Phi) is 7.25. The molecule has 0 aliphatic carbocycles. The van der Waals surface area contributed by atoms with Gasteiger partial charge in [0.05, 0.1) is 29.4 Å². The quantitative estimate of drug-likeness (QED) is 0.287. The van der Waals surface area contributed by atoms with Crippen LogP contribution < -0.4 is 5.32 Å². The van der Waals surface area contributed by atoms with Crippen molar-refractivity contribution < 1.29 is 19.8 Å². The molecule has 4 aromatic rings. The molecule has 3 aromatic carbocycles. The number of hydrogen-bond donors (Lipinski definition) is 4. The molecule has 1 heterocycles. The first-order valence-corrected chi connectivity index (χ1v) is 11.2. The SMILES string of the molecule is O=C(N[C@@H](Cc1ccc(-c2ccccc2)cc1)CC(CO)C(=O)O)c1cc(Cl)c2nc[nH]c2c1. The zero-order valence-corrected chi connectivity index (χ0v) is 19.0. The van der Waals surface area contributed by atoms with Crippen LogP contribution in [-0.4, -0.2) is 44.7 Å². The summed E-state index contributed by atoms with van der Waals surface area (Å²) in [5, 5.41) is 22.2. The zero-order chi connectivity index (χ0) is 24.1. The Morgan fingerprint density at radius 2 is 1.74 bits per heavy atom. The van der Waals surface area contributed by atoms with Crippen LogP contribution in [0, 0.1) is 5.92 Å². The Bertz CT molecular complexity index is 1290. The number of carboxylic acids is 1. The monoisotopic (exact) mass is 477 g/mol. The minimum Gasteiger partial charge on any atom is -0.481 e. The Morgan fingerprint density at radius 1 is 1.03 bits per heavy atom. The highest BCUT2D eigenvalue weighted by molar-refractivity contribution is 6.35. The third kappa shape index (κ3) is 5.44. The molecule has 4 N–H and O–H groups in total. The van der Waals surface area contributed by atoms with Crippen LogP contribution in [0.3, 0.4) is 0 Å². The lowest BCUT2D eigenvalue weighted by molar-refractivity contribution is -0.143. The molecule has 7 nitrogen and oxygen atoms in total. The number of imidazole rings is 1. The fraction of sp³-hybridized carbons (Fsp3) is 0.192. The van der Waals surface area contributed by atoms with Crippen molar-refractivity contribution in [3.05, 3.63) is 89.2 Å². The van der Waals surface area contributed by atoms with Crippen LogP contribution in [0.15, 0.2) is 73.1 Å². The third-order valence-corrected chi connectivity index (χ3v) is 6.04. The smallest absolute Gasteiger partial charge is 0.308 e. The van der Waals surface area contributed by atoms with E-state index in [4.69, 9.17) is 11.6 Å². The number of carbonyl (C=O) groups excluding carboxylic acids is 1. The Labute approximate surface area is 201 Å². The number of nitrogens with one attached hydrogen (secondary N) is 2. The zero-order valence-electron chi connectivity index (χ0n) is 18.2. The number of carboxylic acid groups (broad SMARTS) is 1. The second-order valence-corrected chi connectivity index (χ2v) is 8.55. The van der Waals surface area contributed by atoms with Crippen molar-refractivity contribution in [3.63, 3.8) is 0 Å². The van der Waals surface area contributed by atoms with Crippen molar-refractivity contribution in [1.29, 1.82) is 0 Å². The van der Waals surface area contributed by atoms with Crippen LogP contribution in [0.5, 0.6) is 0 Å². The molecule has 0 saturated carbocycles. The minimum atomic E-state index is -1.11. The summed E-state index contributed by atoms with van der Waals surface area (Å²) in [6.07, 6.45) is 1.99. The average Bonchev–Trinajstić information content (AvgIpc) is 3.32. The summed E-state index contributed by atoms with van der Waals surface area (Å²) in [6.45, 7) is -0.513. The molecule has 2 atom stereocenters. The summed E-state index contributed by atoms with van der Waals surface area (Å²) < 4.78 is 0. The average molecular weight is 478 g/mol. The molecule has 34 heavy (non-hydrogen) atoms. The molecule has 8 heteroatoms. The maximum atomic E-state index is 13.0. The van der Waals surface area contributed by atoms with Crippen molar-refractivity contribution in [2.45, 2.75) is 18.9 Å². The predicted octanol–water partition coefficient (Wildman–Crippen LogP) is 4.31. The van der Waals surface area contributed by atoms with E-state index in [0.29, 0.717) is 28.0 Å². The number of aliphatic carboxylic acids is 1.